The Morgan fingerprint density at radius 3 is 2.83 bits per heavy atom. The van der Waals surface area contributed by atoms with Gasteiger partial charge in [0.1, 0.15) is 4.60 Å². The third-order valence-corrected chi connectivity index (χ3v) is 2.56. The third kappa shape index (κ3) is 1.69. The van der Waals surface area contributed by atoms with Crippen molar-refractivity contribution in [1.82, 2.24) is 9.78 Å². The van der Waals surface area contributed by atoms with Gasteiger partial charge >= 0.3 is 0 Å². The van der Waals surface area contributed by atoms with E-state index in [1.807, 2.05) is 16.9 Å². The molecule has 1 aliphatic heterocycles. The molecule has 0 atom stereocenters. The number of halogens is 1. The molecule has 0 bridgehead atoms. The molecule has 2 heterocycles. The van der Waals surface area contributed by atoms with E-state index in [-0.39, 0.29) is 0 Å². The lowest BCUT2D eigenvalue weighted by molar-refractivity contribution is 0.0661. The first-order chi connectivity index (χ1) is 5.86. The van der Waals surface area contributed by atoms with E-state index in [0.29, 0.717) is 6.04 Å². The molecule has 0 radical (unpaired) electrons. The lowest BCUT2D eigenvalue weighted by Crippen LogP contribution is -2.19. The molecule has 12 heavy (non-hydrogen) atoms. The number of hydrogen-bond acceptors (Lipinski definition) is 2. The Bertz CT molecular complexity index is 255. The quantitative estimate of drug-likeness (QED) is 0.739. The smallest absolute Gasteiger partial charge is 0.128 e. The molecule has 0 aliphatic carbocycles. The van der Waals surface area contributed by atoms with Gasteiger partial charge in [0, 0.05) is 19.4 Å². The van der Waals surface area contributed by atoms with Crippen molar-refractivity contribution >= 4 is 15.9 Å². The molecule has 2 rings (SSSR count). The maximum atomic E-state index is 5.28. The summed E-state index contributed by atoms with van der Waals surface area (Å²) in [6.45, 7) is 1.73. The summed E-state index contributed by atoms with van der Waals surface area (Å²) in [5.41, 5.74) is 0. The van der Waals surface area contributed by atoms with Gasteiger partial charge in [0.25, 0.3) is 0 Å². The first-order valence-corrected chi connectivity index (χ1v) is 4.94. The van der Waals surface area contributed by atoms with Crippen LogP contribution in [0.15, 0.2) is 16.9 Å². The zero-order chi connectivity index (χ0) is 8.39. The normalized spacial score (nSPS) is 19.8. The molecule has 1 aliphatic rings. The van der Waals surface area contributed by atoms with Crippen LogP contribution in [0.25, 0.3) is 0 Å². The van der Waals surface area contributed by atoms with Crippen LogP contribution in [-0.2, 0) is 4.74 Å². The van der Waals surface area contributed by atoms with E-state index in [9.17, 15) is 0 Å². The van der Waals surface area contributed by atoms with E-state index >= 15 is 0 Å². The van der Waals surface area contributed by atoms with Crippen molar-refractivity contribution in [2.75, 3.05) is 13.2 Å². The Morgan fingerprint density at radius 1 is 1.50 bits per heavy atom. The molecule has 0 saturated carbocycles. The molecule has 1 fully saturated rings. The van der Waals surface area contributed by atoms with Gasteiger partial charge in [-0.3, -0.25) is 4.68 Å². The van der Waals surface area contributed by atoms with Crippen molar-refractivity contribution in [2.45, 2.75) is 18.9 Å². The van der Waals surface area contributed by atoms with Crippen LogP contribution in [0.1, 0.15) is 18.9 Å². The highest BCUT2D eigenvalue weighted by atomic mass is 79.9. The van der Waals surface area contributed by atoms with Crippen LogP contribution < -0.4 is 0 Å². The fourth-order valence-corrected chi connectivity index (χ4v) is 1.77. The molecule has 0 unspecified atom stereocenters. The third-order valence-electron chi connectivity index (χ3n) is 2.14. The fourth-order valence-electron chi connectivity index (χ4n) is 1.47. The van der Waals surface area contributed by atoms with E-state index in [4.69, 9.17) is 4.74 Å². The largest absolute Gasteiger partial charge is 0.381 e. The topological polar surface area (TPSA) is 27.1 Å². The van der Waals surface area contributed by atoms with Crippen molar-refractivity contribution in [2.24, 2.45) is 0 Å². The van der Waals surface area contributed by atoms with Gasteiger partial charge in [0.05, 0.1) is 6.04 Å². The molecular weight excluding hydrogens is 220 g/mol. The highest BCUT2D eigenvalue weighted by Gasteiger charge is 2.15. The molecule has 0 aromatic carbocycles. The Hall–Kier alpha value is -0.350. The zero-order valence-electron chi connectivity index (χ0n) is 6.74. The van der Waals surface area contributed by atoms with E-state index < -0.39 is 0 Å². The highest BCUT2D eigenvalue weighted by Crippen LogP contribution is 2.20. The number of hydrogen-bond donors (Lipinski definition) is 0. The minimum atomic E-state index is 0.532. The van der Waals surface area contributed by atoms with Crippen molar-refractivity contribution in [3.05, 3.63) is 16.9 Å². The summed E-state index contributed by atoms with van der Waals surface area (Å²) in [6, 6.07) is 2.50. The van der Waals surface area contributed by atoms with E-state index in [1.165, 1.54) is 0 Å². The van der Waals surface area contributed by atoms with Gasteiger partial charge in [-0.1, -0.05) is 0 Å². The van der Waals surface area contributed by atoms with Gasteiger partial charge in [-0.05, 0) is 34.8 Å². The Labute approximate surface area is 79.8 Å². The highest BCUT2D eigenvalue weighted by molar-refractivity contribution is 9.10. The summed E-state index contributed by atoms with van der Waals surface area (Å²) in [5, 5.41) is 4.31. The van der Waals surface area contributed by atoms with Crippen LogP contribution >= 0.6 is 15.9 Å². The standard InChI is InChI=1S/C8H11BrN2O/c9-8-1-4-11(10-8)7-2-5-12-6-3-7/h1,4,7H,2-3,5-6H2. The van der Waals surface area contributed by atoms with E-state index in [2.05, 4.69) is 21.0 Å². The van der Waals surface area contributed by atoms with Crippen molar-refractivity contribution in [3.63, 3.8) is 0 Å². The lowest BCUT2D eigenvalue weighted by Gasteiger charge is -2.22. The van der Waals surface area contributed by atoms with Crippen molar-refractivity contribution < 1.29 is 4.74 Å². The second-order valence-electron chi connectivity index (χ2n) is 2.96. The van der Waals surface area contributed by atoms with Crippen molar-refractivity contribution in [3.8, 4) is 0 Å². The number of nitrogens with zero attached hydrogens (tertiary/aromatic N) is 2. The van der Waals surface area contributed by atoms with Gasteiger partial charge in [0.2, 0.25) is 0 Å². The molecule has 0 N–H and O–H groups in total. The minimum Gasteiger partial charge on any atom is -0.381 e. The predicted molar refractivity (Wildman–Crippen MR) is 49.0 cm³/mol. The molecule has 4 heteroatoms. The molecule has 3 nitrogen and oxygen atoms in total. The summed E-state index contributed by atoms with van der Waals surface area (Å²) in [6.07, 6.45) is 4.17. The summed E-state index contributed by atoms with van der Waals surface area (Å²) in [5.74, 6) is 0. The zero-order valence-corrected chi connectivity index (χ0v) is 8.33. The molecule has 1 aromatic heterocycles. The molecule has 0 spiro atoms. The minimum absolute atomic E-state index is 0.532. The average molecular weight is 231 g/mol. The second kappa shape index (κ2) is 3.58. The summed E-state index contributed by atoms with van der Waals surface area (Å²) in [4.78, 5) is 0. The van der Waals surface area contributed by atoms with Gasteiger partial charge in [-0.15, -0.1) is 0 Å². The number of ether oxygens (including phenoxy) is 1. The van der Waals surface area contributed by atoms with Crippen LogP contribution in [0.2, 0.25) is 0 Å². The summed E-state index contributed by atoms with van der Waals surface area (Å²) < 4.78 is 8.21. The van der Waals surface area contributed by atoms with Gasteiger partial charge < -0.3 is 4.74 Å². The Kier molecular flexibility index (Phi) is 2.46. The van der Waals surface area contributed by atoms with Crippen LogP contribution in [0.4, 0.5) is 0 Å². The van der Waals surface area contributed by atoms with Crippen LogP contribution in [0.5, 0.6) is 0 Å². The maximum Gasteiger partial charge on any atom is 0.128 e. The molecule has 0 amide bonds. The summed E-state index contributed by atoms with van der Waals surface area (Å²) >= 11 is 3.34. The lowest BCUT2D eigenvalue weighted by atomic mass is 10.1. The van der Waals surface area contributed by atoms with Crippen molar-refractivity contribution in [1.29, 1.82) is 0 Å². The van der Waals surface area contributed by atoms with Gasteiger partial charge in [-0.2, -0.15) is 5.10 Å². The Balaban J connectivity index is 2.08. The first kappa shape index (κ1) is 8.26. The van der Waals surface area contributed by atoms with Crippen LogP contribution in [0, 0.1) is 0 Å². The molecule has 66 valence electrons. The molecule has 1 aromatic rings. The monoisotopic (exact) mass is 230 g/mol. The second-order valence-corrected chi connectivity index (χ2v) is 3.77. The Morgan fingerprint density at radius 2 is 2.25 bits per heavy atom. The molecular formula is C8H11BrN2O. The first-order valence-electron chi connectivity index (χ1n) is 4.14. The van der Waals surface area contributed by atoms with Crippen LogP contribution in [0.3, 0.4) is 0 Å². The van der Waals surface area contributed by atoms with Gasteiger partial charge in [0.15, 0.2) is 0 Å². The molecule has 1 saturated heterocycles. The number of aromatic nitrogens is 2. The summed E-state index contributed by atoms with van der Waals surface area (Å²) in [7, 11) is 0. The van der Waals surface area contributed by atoms with E-state index in [1.54, 1.807) is 0 Å². The van der Waals surface area contributed by atoms with Gasteiger partial charge in [-0.25, -0.2) is 0 Å². The SMILES string of the molecule is Brc1ccn(C2CCOCC2)n1. The average Bonchev–Trinajstić information content (AvgIpc) is 2.54. The van der Waals surface area contributed by atoms with E-state index in [0.717, 1.165) is 30.7 Å². The maximum absolute atomic E-state index is 5.28. The number of rotatable bonds is 1. The predicted octanol–water partition coefficient (Wildman–Crippen LogP) is 2.00. The fraction of sp³-hybridized carbons (Fsp3) is 0.625. The van der Waals surface area contributed by atoms with Crippen LogP contribution in [-0.4, -0.2) is 23.0 Å².